The molecule has 0 aromatic carbocycles. The van der Waals surface area contributed by atoms with Crippen molar-refractivity contribution in [2.45, 2.75) is 26.7 Å². The summed E-state index contributed by atoms with van der Waals surface area (Å²) >= 11 is 5.35. The quantitative estimate of drug-likeness (QED) is 0.381. The first-order valence-electron chi connectivity index (χ1n) is 12.6. The van der Waals surface area contributed by atoms with Crippen molar-refractivity contribution in [1.29, 1.82) is 0 Å². The first-order valence-corrected chi connectivity index (χ1v) is 14.4. The number of aromatic nitrogens is 3. The van der Waals surface area contributed by atoms with Gasteiger partial charge in [-0.05, 0) is 45.9 Å². The minimum atomic E-state index is 0.508. The normalized spacial score (nSPS) is 15.8. The van der Waals surface area contributed by atoms with Crippen LogP contribution in [0.15, 0.2) is 45.1 Å². The van der Waals surface area contributed by atoms with Gasteiger partial charge in [-0.25, -0.2) is 4.99 Å². The number of allylic oxidation sites excluding steroid dienone is 3. The molecule has 0 radical (unpaired) electrons. The van der Waals surface area contributed by atoms with E-state index in [1.165, 1.54) is 5.17 Å². The van der Waals surface area contributed by atoms with Crippen molar-refractivity contribution in [2.75, 3.05) is 45.5 Å². The van der Waals surface area contributed by atoms with Gasteiger partial charge in [0.05, 0.1) is 18.4 Å². The van der Waals surface area contributed by atoms with Crippen LogP contribution in [0.25, 0.3) is 29.1 Å². The summed E-state index contributed by atoms with van der Waals surface area (Å²) in [7, 11) is 2.15. The summed E-state index contributed by atoms with van der Waals surface area (Å²) < 4.78 is 2.48. The fourth-order valence-electron chi connectivity index (χ4n) is 4.09. The number of likely N-dealkylation sites (N-methyl/N-ethyl adjacent to an activating group) is 2. The molecule has 2 aromatic rings. The highest BCUT2D eigenvalue weighted by Crippen LogP contribution is 2.33. The zero-order valence-corrected chi connectivity index (χ0v) is 24.2. The number of thioether (sulfide) groups is 1. The second-order valence-corrected chi connectivity index (χ2v) is 11.2. The number of hydrogen-bond donors (Lipinski definition) is 1. The van der Waals surface area contributed by atoms with Crippen molar-refractivity contribution in [1.82, 2.24) is 24.6 Å². The van der Waals surface area contributed by atoms with E-state index in [0.29, 0.717) is 11.6 Å². The van der Waals surface area contributed by atoms with Crippen LogP contribution < -0.4 is 5.73 Å². The van der Waals surface area contributed by atoms with Gasteiger partial charge in [-0.15, -0.1) is 0 Å². The molecule has 3 heterocycles. The Bertz CT molecular complexity index is 1240. The smallest absolute Gasteiger partial charge is 0.164 e. The third-order valence-corrected chi connectivity index (χ3v) is 7.70. The molecule has 0 saturated carbocycles. The lowest BCUT2D eigenvalue weighted by Crippen LogP contribution is -2.36. The maximum Gasteiger partial charge on any atom is 0.164 e. The molecule has 0 bridgehead atoms. The number of fused-ring (bicyclic) bond motifs is 1. The van der Waals surface area contributed by atoms with E-state index in [2.05, 4.69) is 85.1 Å². The fourth-order valence-corrected chi connectivity index (χ4v) is 5.21. The molecular formula is C27H35BrN8S. The Kier molecular flexibility index (Phi) is 9.76. The van der Waals surface area contributed by atoms with Gasteiger partial charge in [0.1, 0.15) is 5.82 Å². The molecule has 2 aliphatic rings. The molecule has 0 amide bonds. The average molecular weight is 584 g/mol. The van der Waals surface area contributed by atoms with Crippen LogP contribution in [0.4, 0.5) is 5.82 Å². The standard InChI is InChI=1S/C27H35BrN8S/c1-4-35(27-31-12-16-37-27)15-14-34(3)13-8-11-30-26-23(19-33-36(26)25(29)20(2)28)22-17-21-9-6-5-7-10-24(21)32-18-22/h6-7,9-11,17-19H,4-5,8,12-16,29H2,1-3H3/b25-20+,30-11+. The number of nitrogens with two attached hydrogens (primary N) is 1. The van der Waals surface area contributed by atoms with Crippen LogP contribution >= 0.6 is 27.7 Å². The van der Waals surface area contributed by atoms with E-state index in [9.17, 15) is 0 Å². The molecule has 196 valence electrons. The van der Waals surface area contributed by atoms with Crippen LogP contribution in [0.5, 0.6) is 0 Å². The molecule has 8 nitrogen and oxygen atoms in total. The van der Waals surface area contributed by atoms with Crippen LogP contribution in [-0.4, -0.2) is 81.5 Å². The Balaban J connectivity index is 1.47. The van der Waals surface area contributed by atoms with E-state index in [1.807, 2.05) is 37.3 Å². The van der Waals surface area contributed by atoms with Gasteiger partial charge in [-0.3, -0.25) is 9.98 Å². The number of amidine groups is 1. The summed E-state index contributed by atoms with van der Waals surface area (Å²) in [6.07, 6.45) is 15.8. The lowest BCUT2D eigenvalue weighted by atomic mass is 10.1. The number of aliphatic imine (C=N–C) groups is 2. The molecule has 0 spiro atoms. The van der Waals surface area contributed by atoms with Gasteiger partial charge >= 0.3 is 0 Å². The molecular weight excluding hydrogens is 548 g/mol. The van der Waals surface area contributed by atoms with Crippen molar-refractivity contribution >= 4 is 62.9 Å². The molecule has 2 aromatic heterocycles. The summed E-state index contributed by atoms with van der Waals surface area (Å²) in [6, 6.07) is 2.13. The lowest BCUT2D eigenvalue weighted by Gasteiger charge is -2.25. The van der Waals surface area contributed by atoms with Crippen LogP contribution in [-0.2, 0) is 0 Å². The lowest BCUT2D eigenvalue weighted by molar-refractivity contribution is 0.302. The summed E-state index contributed by atoms with van der Waals surface area (Å²) in [5.41, 5.74) is 10.2. The minimum absolute atomic E-state index is 0.508. The Morgan fingerprint density at radius 3 is 2.84 bits per heavy atom. The monoisotopic (exact) mass is 582 g/mol. The highest BCUT2D eigenvalue weighted by molar-refractivity contribution is 9.11. The fraction of sp³-hybridized carbons (Fsp3) is 0.407. The van der Waals surface area contributed by atoms with Crippen LogP contribution in [0, 0.1) is 0 Å². The number of hydrogen-bond acceptors (Lipinski definition) is 8. The van der Waals surface area contributed by atoms with Gasteiger partial charge in [0.15, 0.2) is 11.0 Å². The van der Waals surface area contributed by atoms with Gasteiger partial charge in [0, 0.05) is 65.5 Å². The number of nitrogens with zero attached hydrogens (tertiary/aromatic N) is 7. The Labute approximate surface area is 232 Å². The van der Waals surface area contributed by atoms with E-state index in [4.69, 9.17) is 10.7 Å². The number of rotatable bonds is 10. The first-order chi connectivity index (χ1) is 18.0. The van der Waals surface area contributed by atoms with Crippen molar-refractivity contribution < 1.29 is 0 Å². The van der Waals surface area contributed by atoms with E-state index in [0.717, 1.165) is 78.2 Å². The van der Waals surface area contributed by atoms with E-state index < -0.39 is 0 Å². The van der Waals surface area contributed by atoms with Crippen molar-refractivity contribution in [2.24, 2.45) is 15.7 Å². The SMILES string of the molecule is CCN(CCN(C)CC/C=N/c1c(-c2cnc3c(c2)C=CCC=C3)cnn1/C(N)=C(\C)Br)C1=NCCS1. The molecule has 0 unspecified atom stereocenters. The predicted molar refractivity (Wildman–Crippen MR) is 162 cm³/mol. The summed E-state index contributed by atoms with van der Waals surface area (Å²) in [5, 5.41) is 5.74. The summed E-state index contributed by atoms with van der Waals surface area (Å²) in [5.74, 6) is 2.30. The van der Waals surface area contributed by atoms with Gasteiger partial charge in [0.2, 0.25) is 0 Å². The molecule has 2 N–H and O–H groups in total. The second kappa shape index (κ2) is 13.2. The average Bonchev–Trinajstić information content (AvgIpc) is 3.52. The highest BCUT2D eigenvalue weighted by Gasteiger charge is 2.17. The Hall–Kier alpha value is -2.69. The van der Waals surface area contributed by atoms with Crippen molar-refractivity contribution in [3.63, 3.8) is 0 Å². The minimum Gasteiger partial charge on any atom is -0.383 e. The molecule has 0 saturated heterocycles. The zero-order valence-electron chi connectivity index (χ0n) is 21.8. The molecule has 0 atom stereocenters. The summed E-state index contributed by atoms with van der Waals surface area (Å²) in [6.45, 7) is 8.87. The molecule has 0 fully saturated rings. The third-order valence-electron chi connectivity index (χ3n) is 6.26. The topological polar surface area (TPSA) is 87.9 Å². The number of pyridine rings is 1. The Morgan fingerprint density at radius 1 is 1.24 bits per heavy atom. The third kappa shape index (κ3) is 7.00. The number of halogens is 1. The van der Waals surface area contributed by atoms with Gasteiger partial charge in [0.25, 0.3) is 0 Å². The maximum atomic E-state index is 6.35. The largest absolute Gasteiger partial charge is 0.383 e. The predicted octanol–water partition coefficient (Wildman–Crippen LogP) is 5.32. The highest BCUT2D eigenvalue weighted by atomic mass is 79.9. The van der Waals surface area contributed by atoms with Gasteiger partial charge in [-0.1, -0.05) is 45.9 Å². The van der Waals surface area contributed by atoms with Crippen LogP contribution in [0.3, 0.4) is 0 Å². The van der Waals surface area contributed by atoms with Crippen molar-refractivity contribution in [3.05, 3.63) is 46.4 Å². The molecule has 37 heavy (non-hydrogen) atoms. The second-order valence-electron chi connectivity index (χ2n) is 8.95. The summed E-state index contributed by atoms with van der Waals surface area (Å²) in [4.78, 5) is 18.8. The molecule has 4 rings (SSSR count). The van der Waals surface area contributed by atoms with Gasteiger partial charge in [-0.2, -0.15) is 9.78 Å². The zero-order chi connectivity index (χ0) is 26.2. The van der Waals surface area contributed by atoms with Crippen molar-refractivity contribution in [3.8, 4) is 11.1 Å². The van der Waals surface area contributed by atoms with Crippen LogP contribution in [0.1, 0.15) is 37.9 Å². The maximum absolute atomic E-state index is 6.35. The van der Waals surface area contributed by atoms with Crippen LogP contribution in [0.2, 0.25) is 0 Å². The van der Waals surface area contributed by atoms with E-state index in [1.54, 1.807) is 4.68 Å². The van der Waals surface area contributed by atoms with E-state index in [-0.39, 0.29) is 0 Å². The van der Waals surface area contributed by atoms with Gasteiger partial charge < -0.3 is 15.5 Å². The Morgan fingerprint density at radius 2 is 2.08 bits per heavy atom. The molecule has 1 aliphatic carbocycles. The van der Waals surface area contributed by atoms with E-state index >= 15 is 0 Å². The first kappa shape index (κ1) is 27.3. The molecule has 1 aliphatic heterocycles. The molecule has 10 heteroatoms.